The van der Waals surface area contributed by atoms with Gasteiger partial charge >= 0.3 is 0 Å². The molecule has 2 amide bonds. The molecule has 1 fully saturated rings. The molecule has 3 heterocycles. The Bertz CT molecular complexity index is 1100. The van der Waals surface area contributed by atoms with E-state index in [1.165, 1.54) is 30.6 Å². The molecule has 1 aromatic carbocycles. The Morgan fingerprint density at radius 1 is 1.00 bits per heavy atom. The normalized spacial score (nSPS) is 14.1. The molecule has 9 heteroatoms. The Labute approximate surface area is 169 Å². The molecule has 4 rings (SSSR count). The lowest BCUT2D eigenvalue weighted by Crippen LogP contribution is -2.50. The topological polar surface area (TPSA) is 86.4 Å². The molecular formula is C20H17FN4O3S. The van der Waals surface area contributed by atoms with Gasteiger partial charge < -0.3 is 14.8 Å². The van der Waals surface area contributed by atoms with Crippen LogP contribution in [0.3, 0.4) is 0 Å². The van der Waals surface area contributed by atoms with Crippen LogP contribution in [0.25, 0.3) is 10.6 Å². The van der Waals surface area contributed by atoms with E-state index in [9.17, 15) is 18.8 Å². The Kier molecular flexibility index (Phi) is 5.22. The molecule has 3 aromatic rings. The number of piperazine rings is 1. The predicted molar refractivity (Wildman–Crippen MR) is 106 cm³/mol. The number of aromatic amines is 1. The van der Waals surface area contributed by atoms with E-state index in [1.807, 2.05) is 0 Å². The molecule has 0 saturated carbocycles. The van der Waals surface area contributed by atoms with Crippen LogP contribution in [0.1, 0.15) is 20.0 Å². The zero-order chi connectivity index (χ0) is 20.4. The second-order valence-electron chi connectivity index (χ2n) is 6.54. The van der Waals surface area contributed by atoms with Gasteiger partial charge in [0.25, 0.3) is 11.8 Å². The number of nitrogens with one attached hydrogen (secondary N) is 1. The first kappa shape index (κ1) is 19.0. The Balaban J connectivity index is 1.41. The Morgan fingerprint density at radius 2 is 1.69 bits per heavy atom. The molecule has 29 heavy (non-hydrogen) atoms. The highest BCUT2D eigenvalue weighted by Gasteiger charge is 2.27. The van der Waals surface area contributed by atoms with Crippen LogP contribution in [0.4, 0.5) is 4.39 Å². The quantitative estimate of drug-likeness (QED) is 0.715. The second-order valence-corrected chi connectivity index (χ2v) is 7.57. The van der Waals surface area contributed by atoms with E-state index in [2.05, 4.69) is 9.97 Å². The van der Waals surface area contributed by atoms with Crippen LogP contribution < -0.4 is 5.56 Å². The van der Waals surface area contributed by atoms with Gasteiger partial charge in [-0.25, -0.2) is 9.37 Å². The van der Waals surface area contributed by atoms with Crippen molar-refractivity contribution >= 4 is 23.2 Å². The van der Waals surface area contributed by atoms with Gasteiger partial charge in [-0.1, -0.05) is 12.1 Å². The minimum atomic E-state index is -0.379. The van der Waals surface area contributed by atoms with Gasteiger partial charge in [0.05, 0.1) is 11.8 Å². The van der Waals surface area contributed by atoms with Gasteiger partial charge in [-0.3, -0.25) is 14.4 Å². The summed E-state index contributed by atoms with van der Waals surface area (Å²) in [7, 11) is 0. The van der Waals surface area contributed by atoms with Crippen LogP contribution in [0.15, 0.2) is 53.6 Å². The predicted octanol–water partition coefficient (Wildman–Crippen LogP) is 2.24. The van der Waals surface area contributed by atoms with E-state index in [-0.39, 0.29) is 23.2 Å². The van der Waals surface area contributed by atoms with Crippen molar-refractivity contribution in [2.45, 2.75) is 0 Å². The summed E-state index contributed by atoms with van der Waals surface area (Å²) in [5, 5.41) is 0.457. The number of hydrogen-bond acceptors (Lipinski definition) is 5. The van der Waals surface area contributed by atoms with E-state index in [0.29, 0.717) is 47.2 Å². The Morgan fingerprint density at radius 3 is 2.34 bits per heavy atom. The first-order valence-electron chi connectivity index (χ1n) is 9.01. The number of carbonyl (C=O) groups excluding carboxylic acids is 2. The lowest BCUT2D eigenvalue weighted by molar-refractivity contribution is 0.0537. The summed E-state index contributed by atoms with van der Waals surface area (Å²) < 4.78 is 13.9. The fourth-order valence-corrected chi connectivity index (χ4v) is 4.04. The third kappa shape index (κ3) is 3.95. The molecule has 0 spiro atoms. The largest absolute Gasteiger partial charge is 0.335 e. The average Bonchev–Trinajstić information content (AvgIpc) is 3.24. The molecule has 0 aliphatic carbocycles. The summed E-state index contributed by atoms with van der Waals surface area (Å²) in [6.45, 7) is 1.56. The van der Waals surface area contributed by atoms with Crippen molar-refractivity contribution in [3.63, 3.8) is 0 Å². The van der Waals surface area contributed by atoms with Crippen LogP contribution >= 0.6 is 11.3 Å². The molecule has 1 N–H and O–H groups in total. The second kappa shape index (κ2) is 7.96. The van der Waals surface area contributed by atoms with Crippen molar-refractivity contribution in [3.05, 3.63) is 75.4 Å². The number of benzene rings is 1. The van der Waals surface area contributed by atoms with Crippen LogP contribution in [-0.2, 0) is 0 Å². The maximum absolute atomic E-state index is 13.9. The number of thiazole rings is 1. The fraction of sp³-hybridized carbons (Fsp3) is 0.200. The van der Waals surface area contributed by atoms with E-state index in [4.69, 9.17) is 0 Å². The lowest BCUT2D eigenvalue weighted by atomic mass is 10.2. The summed E-state index contributed by atoms with van der Waals surface area (Å²) in [4.78, 5) is 46.8. The molecule has 0 radical (unpaired) electrons. The minimum absolute atomic E-state index is 0.179. The third-order valence-electron chi connectivity index (χ3n) is 4.71. The highest BCUT2D eigenvalue weighted by atomic mass is 32.1. The maximum atomic E-state index is 13.9. The first-order valence-corrected chi connectivity index (χ1v) is 9.82. The number of aromatic nitrogens is 2. The van der Waals surface area contributed by atoms with Crippen LogP contribution in [0.5, 0.6) is 0 Å². The molecule has 0 unspecified atom stereocenters. The van der Waals surface area contributed by atoms with Gasteiger partial charge in [0, 0.05) is 44.0 Å². The van der Waals surface area contributed by atoms with E-state index < -0.39 is 0 Å². The average molecular weight is 412 g/mol. The number of H-pyrrole nitrogens is 1. The van der Waals surface area contributed by atoms with Gasteiger partial charge in [0.2, 0.25) is 5.56 Å². The monoisotopic (exact) mass is 412 g/mol. The number of pyridine rings is 1. The molecule has 0 bridgehead atoms. The molecule has 148 valence electrons. The summed E-state index contributed by atoms with van der Waals surface area (Å²) in [5.41, 5.74) is 0.505. The number of amides is 2. The van der Waals surface area contributed by atoms with Gasteiger partial charge in [0.1, 0.15) is 15.7 Å². The Hall–Kier alpha value is -3.33. The SMILES string of the molecule is O=C(c1ccc(=O)[nH]c1)N1CCN(C(=O)c2cnc(-c3ccccc3F)s2)CC1. The highest BCUT2D eigenvalue weighted by Crippen LogP contribution is 2.28. The van der Waals surface area contributed by atoms with E-state index in [1.54, 1.807) is 28.0 Å². The van der Waals surface area contributed by atoms with Gasteiger partial charge in [-0.2, -0.15) is 0 Å². The summed E-state index contributed by atoms with van der Waals surface area (Å²) in [6.07, 6.45) is 2.86. The molecule has 1 aliphatic heterocycles. The number of nitrogens with zero attached hydrogens (tertiary/aromatic N) is 3. The van der Waals surface area contributed by atoms with E-state index >= 15 is 0 Å². The van der Waals surface area contributed by atoms with Gasteiger partial charge in [-0.15, -0.1) is 11.3 Å². The molecule has 7 nitrogen and oxygen atoms in total. The smallest absolute Gasteiger partial charge is 0.265 e. The minimum Gasteiger partial charge on any atom is -0.335 e. The molecule has 2 aromatic heterocycles. The summed E-state index contributed by atoms with van der Waals surface area (Å²) in [5.74, 6) is -0.746. The zero-order valence-electron chi connectivity index (χ0n) is 15.3. The lowest BCUT2D eigenvalue weighted by Gasteiger charge is -2.34. The van der Waals surface area contributed by atoms with Crippen molar-refractivity contribution in [3.8, 4) is 10.6 Å². The van der Waals surface area contributed by atoms with Crippen LogP contribution in [-0.4, -0.2) is 57.8 Å². The molecule has 0 atom stereocenters. The number of halogens is 1. The summed E-state index contributed by atoms with van der Waals surface area (Å²) >= 11 is 1.15. The van der Waals surface area contributed by atoms with Crippen LogP contribution in [0, 0.1) is 5.82 Å². The summed E-state index contributed by atoms with van der Waals surface area (Å²) in [6, 6.07) is 9.11. The van der Waals surface area contributed by atoms with Crippen molar-refractivity contribution in [2.24, 2.45) is 0 Å². The molecule has 1 saturated heterocycles. The van der Waals surface area contributed by atoms with Gasteiger partial charge in [-0.05, 0) is 18.2 Å². The zero-order valence-corrected chi connectivity index (χ0v) is 16.1. The molecular weight excluding hydrogens is 395 g/mol. The third-order valence-corrected chi connectivity index (χ3v) is 5.72. The maximum Gasteiger partial charge on any atom is 0.265 e. The standard InChI is InChI=1S/C20H17FN4O3S/c21-15-4-2-1-3-14(15)18-23-12-16(29-18)20(28)25-9-7-24(8-10-25)19(27)13-5-6-17(26)22-11-13/h1-6,11-12H,7-10H2,(H,22,26). The number of hydrogen-bond donors (Lipinski definition) is 1. The number of rotatable bonds is 3. The van der Waals surface area contributed by atoms with E-state index in [0.717, 1.165) is 11.3 Å². The highest BCUT2D eigenvalue weighted by molar-refractivity contribution is 7.16. The number of carbonyl (C=O) groups is 2. The van der Waals surface area contributed by atoms with Crippen molar-refractivity contribution in [1.82, 2.24) is 19.8 Å². The van der Waals surface area contributed by atoms with Gasteiger partial charge in [0.15, 0.2) is 0 Å². The van der Waals surface area contributed by atoms with Crippen molar-refractivity contribution in [1.29, 1.82) is 0 Å². The van der Waals surface area contributed by atoms with Crippen molar-refractivity contribution in [2.75, 3.05) is 26.2 Å². The van der Waals surface area contributed by atoms with Crippen molar-refractivity contribution < 1.29 is 14.0 Å². The fourth-order valence-electron chi connectivity index (χ4n) is 3.13. The van der Waals surface area contributed by atoms with Crippen LogP contribution in [0.2, 0.25) is 0 Å². The molecule has 1 aliphatic rings. The first-order chi connectivity index (χ1) is 14.0.